The van der Waals surface area contributed by atoms with Gasteiger partial charge in [-0.3, -0.25) is 4.79 Å². The van der Waals surface area contributed by atoms with Gasteiger partial charge in [0.15, 0.2) is 0 Å². The molecule has 0 atom stereocenters. The van der Waals surface area contributed by atoms with E-state index in [1.807, 2.05) is 13.8 Å². The number of fused-ring (bicyclic) bond motifs is 1. The number of benzene rings is 3. The van der Waals surface area contributed by atoms with Crippen LogP contribution in [0.1, 0.15) is 27.8 Å². The molecular formula is C27H28N2OS. The summed E-state index contributed by atoms with van der Waals surface area (Å²) < 4.78 is 2.28. The van der Waals surface area contributed by atoms with Gasteiger partial charge in [0.25, 0.3) is 0 Å². The van der Waals surface area contributed by atoms with Crippen molar-refractivity contribution >= 4 is 34.3 Å². The van der Waals surface area contributed by atoms with E-state index in [1.54, 1.807) is 11.8 Å². The Kier molecular flexibility index (Phi) is 6.19. The molecule has 0 fully saturated rings. The molecule has 1 N–H and O–H groups in total. The van der Waals surface area contributed by atoms with Crippen LogP contribution < -0.4 is 5.32 Å². The maximum absolute atomic E-state index is 12.7. The first-order valence-corrected chi connectivity index (χ1v) is 11.5. The number of aromatic nitrogens is 1. The molecule has 0 saturated heterocycles. The summed E-state index contributed by atoms with van der Waals surface area (Å²) in [6.07, 6.45) is 2.18. The lowest BCUT2D eigenvalue weighted by Gasteiger charge is -2.12. The number of nitrogens with zero attached hydrogens (tertiary/aromatic N) is 1. The van der Waals surface area contributed by atoms with E-state index in [0.717, 1.165) is 28.3 Å². The predicted molar refractivity (Wildman–Crippen MR) is 132 cm³/mol. The number of anilines is 1. The number of thioether (sulfide) groups is 1. The first kappa shape index (κ1) is 21.3. The SMILES string of the molecule is Cc1cc(C)c(NC(=O)CSc2cn(Cc3ccccc3C)c3ccccc23)c(C)c1. The van der Waals surface area contributed by atoms with Crippen LogP contribution in [0.3, 0.4) is 0 Å². The van der Waals surface area contributed by atoms with E-state index < -0.39 is 0 Å². The van der Waals surface area contributed by atoms with Crippen LogP contribution in [0.5, 0.6) is 0 Å². The Labute approximate surface area is 188 Å². The highest BCUT2D eigenvalue weighted by Crippen LogP contribution is 2.31. The van der Waals surface area contributed by atoms with Crippen molar-refractivity contribution in [1.82, 2.24) is 4.57 Å². The summed E-state index contributed by atoms with van der Waals surface area (Å²) in [4.78, 5) is 13.9. The lowest BCUT2D eigenvalue weighted by atomic mass is 10.1. The lowest BCUT2D eigenvalue weighted by Crippen LogP contribution is -2.15. The number of rotatable bonds is 6. The van der Waals surface area contributed by atoms with Crippen molar-refractivity contribution in [2.45, 2.75) is 39.1 Å². The number of hydrogen-bond donors (Lipinski definition) is 1. The molecule has 158 valence electrons. The second-order valence-electron chi connectivity index (χ2n) is 8.18. The van der Waals surface area contributed by atoms with Gasteiger partial charge in [0.1, 0.15) is 0 Å². The second-order valence-corrected chi connectivity index (χ2v) is 9.19. The summed E-state index contributed by atoms with van der Waals surface area (Å²) >= 11 is 1.59. The van der Waals surface area contributed by atoms with Crippen molar-refractivity contribution in [2.24, 2.45) is 0 Å². The largest absolute Gasteiger partial charge is 0.342 e. The average Bonchev–Trinajstić information content (AvgIpc) is 3.08. The summed E-state index contributed by atoms with van der Waals surface area (Å²) in [6, 6.07) is 21.1. The van der Waals surface area contributed by atoms with E-state index >= 15 is 0 Å². The highest BCUT2D eigenvalue weighted by Gasteiger charge is 2.13. The molecule has 0 radical (unpaired) electrons. The highest BCUT2D eigenvalue weighted by atomic mass is 32.2. The van der Waals surface area contributed by atoms with E-state index in [9.17, 15) is 4.79 Å². The minimum absolute atomic E-state index is 0.0239. The van der Waals surface area contributed by atoms with Gasteiger partial charge in [-0.1, -0.05) is 60.2 Å². The fourth-order valence-electron chi connectivity index (χ4n) is 4.13. The molecule has 4 heteroatoms. The zero-order valence-electron chi connectivity index (χ0n) is 18.5. The topological polar surface area (TPSA) is 34.0 Å². The molecule has 0 aliphatic carbocycles. The first-order chi connectivity index (χ1) is 14.9. The molecule has 4 rings (SSSR count). The quantitative estimate of drug-likeness (QED) is 0.349. The van der Waals surface area contributed by atoms with E-state index in [0.29, 0.717) is 5.75 Å². The van der Waals surface area contributed by atoms with E-state index in [1.165, 1.54) is 27.6 Å². The standard InChI is InChI=1S/C27H28N2OS/c1-18-13-20(3)27(21(4)14-18)28-26(30)17-31-25-16-29(24-12-8-7-11-23(24)25)15-22-10-6-5-9-19(22)2/h5-14,16H,15,17H2,1-4H3,(H,28,30). The fraction of sp³-hybridized carbons (Fsp3) is 0.222. The normalized spacial score (nSPS) is 11.1. The maximum Gasteiger partial charge on any atom is 0.234 e. The third-order valence-corrected chi connectivity index (χ3v) is 6.70. The Morgan fingerprint density at radius 1 is 0.903 bits per heavy atom. The number of aryl methyl sites for hydroxylation is 4. The summed E-state index contributed by atoms with van der Waals surface area (Å²) in [5, 5.41) is 4.30. The Balaban J connectivity index is 1.53. The first-order valence-electron chi connectivity index (χ1n) is 10.6. The van der Waals surface area contributed by atoms with Gasteiger partial charge >= 0.3 is 0 Å². The van der Waals surface area contributed by atoms with Crippen molar-refractivity contribution in [2.75, 3.05) is 11.1 Å². The number of para-hydroxylation sites is 1. The molecular weight excluding hydrogens is 400 g/mol. The van der Waals surface area contributed by atoms with E-state index in [4.69, 9.17) is 0 Å². The average molecular weight is 429 g/mol. The van der Waals surface area contributed by atoms with Crippen molar-refractivity contribution in [3.05, 3.63) is 94.7 Å². The number of carbonyl (C=O) groups excluding carboxylic acids is 1. The summed E-state index contributed by atoms with van der Waals surface area (Å²) in [5.41, 5.74) is 8.14. The second kappa shape index (κ2) is 9.03. The van der Waals surface area contributed by atoms with E-state index in [-0.39, 0.29) is 5.91 Å². The third-order valence-electron chi connectivity index (χ3n) is 5.65. The minimum Gasteiger partial charge on any atom is -0.342 e. The number of nitrogens with one attached hydrogen (secondary N) is 1. The van der Waals surface area contributed by atoms with Crippen LogP contribution in [0.25, 0.3) is 10.9 Å². The van der Waals surface area contributed by atoms with Gasteiger partial charge in [-0.2, -0.15) is 0 Å². The van der Waals surface area contributed by atoms with Crippen LogP contribution >= 0.6 is 11.8 Å². The van der Waals surface area contributed by atoms with Crippen LogP contribution in [0, 0.1) is 27.7 Å². The zero-order valence-corrected chi connectivity index (χ0v) is 19.3. The summed E-state index contributed by atoms with van der Waals surface area (Å²) in [7, 11) is 0. The van der Waals surface area contributed by atoms with Crippen LogP contribution in [0.15, 0.2) is 71.8 Å². The molecule has 1 aromatic heterocycles. The third kappa shape index (κ3) is 4.70. The molecule has 0 spiro atoms. The number of carbonyl (C=O) groups is 1. The Bertz CT molecular complexity index is 1230. The Morgan fingerprint density at radius 3 is 2.32 bits per heavy atom. The number of amides is 1. The Hall–Kier alpha value is -2.98. The molecule has 0 aliphatic heterocycles. The zero-order chi connectivity index (χ0) is 22.0. The van der Waals surface area contributed by atoms with Crippen molar-refractivity contribution < 1.29 is 4.79 Å². The van der Waals surface area contributed by atoms with Gasteiger partial charge in [0.2, 0.25) is 5.91 Å². The molecule has 0 aliphatic rings. The summed E-state index contributed by atoms with van der Waals surface area (Å²) in [5.74, 6) is 0.404. The lowest BCUT2D eigenvalue weighted by molar-refractivity contribution is -0.113. The molecule has 0 saturated carbocycles. The van der Waals surface area contributed by atoms with Gasteiger partial charge < -0.3 is 9.88 Å². The van der Waals surface area contributed by atoms with Crippen LogP contribution in [0.2, 0.25) is 0 Å². The van der Waals surface area contributed by atoms with Crippen molar-refractivity contribution in [3.63, 3.8) is 0 Å². The smallest absolute Gasteiger partial charge is 0.234 e. The van der Waals surface area contributed by atoms with Gasteiger partial charge in [0.05, 0.1) is 5.75 Å². The van der Waals surface area contributed by atoms with Gasteiger partial charge in [0, 0.05) is 34.2 Å². The van der Waals surface area contributed by atoms with Crippen LogP contribution in [-0.2, 0) is 11.3 Å². The van der Waals surface area contributed by atoms with Crippen molar-refractivity contribution in [1.29, 1.82) is 0 Å². The molecule has 31 heavy (non-hydrogen) atoms. The molecule has 3 aromatic carbocycles. The molecule has 1 heterocycles. The summed E-state index contributed by atoms with van der Waals surface area (Å²) in [6.45, 7) is 9.13. The minimum atomic E-state index is 0.0239. The highest BCUT2D eigenvalue weighted by molar-refractivity contribution is 8.00. The molecule has 0 bridgehead atoms. The number of hydrogen-bond acceptors (Lipinski definition) is 2. The fourth-order valence-corrected chi connectivity index (χ4v) is 5.01. The van der Waals surface area contributed by atoms with E-state index in [2.05, 4.69) is 90.6 Å². The monoisotopic (exact) mass is 428 g/mol. The molecule has 4 aromatic rings. The molecule has 1 amide bonds. The van der Waals surface area contributed by atoms with Gasteiger partial charge in [-0.15, -0.1) is 11.8 Å². The van der Waals surface area contributed by atoms with Crippen molar-refractivity contribution in [3.8, 4) is 0 Å². The predicted octanol–water partition coefficient (Wildman–Crippen LogP) is 6.65. The van der Waals surface area contributed by atoms with Gasteiger partial charge in [-0.05, 0) is 56.0 Å². The molecule has 3 nitrogen and oxygen atoms in total. The van der Waals surface area contributed by atoms with Gasteiger partial charge in [-0.25, -0.2) is 0 Å². The molecule has 0 unspecified atom stereocenters. The van der Waals surface area contributed by atoms with Crippen LogP contribution in [0.4, 0.5) is 5.69 Å². The van der Waals surface area contributed by atoms with Crippen LogP contribution in [-0.4, -0.2) is 16.2 Å². The maximum atomic E-state index is 12.7. The Morgan fingerprint density at radius 2 is 1.58 bits per heavy atom.